The van der Waals surface area contributed by atoms with E-state index in [1.54, 1.807) is 24.3 Å². The summed E-state index contributed by atoms with van der Waals surface area (Å²) in [6.45, 7) is 2.40. The van der Waals surface area contributed by atoms with Gasteiger partial charge >= 0.3 is 17.9 Å². The number of aliphatic hydroxyl groups excluding tert-OH is 4. The predicted octanol–water partition coefficient (Wildman–Crippen LogP) is -7.35. The van der Waals surface area contributed by atoms with Gasteiger partial charge in [-0.05, 0) is 119 Å². The molecule has 2 aliphatic heterocycles. The lowest BCUT2D eigenvalue weighted by molar-refractivity contribution is -0.145. The number of rotatable bonds is 30. The van der Waals surface area contributed by atoms with E-state index in [2.05, 4.69) is 79.4 Å². The number of amides is 14. The molecule has 4 aromatic rings. The number of carbonyl (C=O) groups is 17. The van der Waals surface area contributed by atoms with Crippen molar-refractivity contribution in [2.24, 2.45) is 5.73 Å². The Kier molecular flexibility index (Phi) is 36.8. The van der Waals surface area contributed by atoms with Crippen LogP contribution in [-0.4, -0.2) is 288 Å². The summed E-state index contributed by atoms with van der Waals surface area (Å²) >= 11 is 0. The molecular formula is C76H104N18O26. The molecular weight excluding hydrogens is 1580 g/mol. The number of fused-ring (bicyclic) bond motifs is 2. The Morgan fingerprint density at radius 1 is 0.625 bits per heavy atom. The van der Waals surface area contributed by atoms with Crippen LogP contribution in [0.15, 0.2) is 79.0 Å². The Morgan fingerprint density at radius 3 is 1.82 bits per heavy atom. The number of hydrogen-bond acceptors (Lipinski definition) is 25. The fourth-order valence-electron chi connectivity index (χ4n) is 13.0. The van der Waals surface area contributed by atoms with Crippen molar-refractivity contribution in [1.29, 1.82) is 5.41 Å². The number of nitrogens with one attached hydrogen (secondary N) is 16. The number of ether oxygens (including phenoxy) is 1. The zero-order valence-corrected chi connectivity index (χ0v) is 66.2. The zero-order valence-electron chi connectivity index (χ0n) is 66.2. The minimum atomic E-state index is -2.72. The van der Waals surface area contributed by atoms with E-state index < -0.39 is 262 Å². The lowest BCUT2D eigenvalue weighted by atomic mass is 10.0. The third-order valence-corrected chi connectivity index (χ3v) is 19.4. The Hall–Kier alpha value is -13.1. The molecule has 0 unspecified atom stereocenters. The van der Waals surface area contributed by atoms with Crippen LogP contribution in [0.3, 0.4) is 0 Å². The van der Waals surface area contributed by atoms with E-state index in [4.69, 9.17) is 15.9 Å². The minimum Gasteiger partial charge on any atom is -0.508 e. The topological polar surface area (TPSA) is 699 Å². The standard InChI is InChI=1S/C76H104N18O26/c1-36(82-70(113)58(37(2)96)83-39(4)98)62(105)92-59(38(3)97)71(114)86-48(15-10-28-80-76(77)78)63(106)84-47-14-8-9-27-79-73(116)61(104)60(72(115)90-53(75(118)119)31-41-19-23-44(100)24-20-41)93-65(108)49(25-26-57(103)120-5)85-66(109)50(32-42-34-81-46-13-7-6-12-45(42)46)87-67(110)51(33-56(101)102)88-68(111)54(35-95)91-69(112)55-16-11-29-94(55)74(117)52(89-64(47)107)30-40-17-21-43(99)22-18-40/h6-7,12-13,17-24,34,36-38,47-55,58-61,81,95-97,99-100,104H,8-11,14-16,25-33,35H2,1-5H3,(H,79,116)(H,82,113)(H,83,98)(H,84,106)(H,85,109)(H,86,114)(H,87,110)(H,88,111)(H,89,107)(H,90,115)(H,91,112)(H,92,105)(H,93,108)(H,101,102)(H,118,119)(H4,77,78,80)/t36-,37+,38+,47-,48-,49-,50+,51-,52-,53-,54-,55-,58-,59+,60-,61-/m0/s1. The summed E-state index contributed by atoms with van der Waals surface area (Å²) in [5, 5.41) is 126. The van der Waals surface area contributed by atoms with Gasteiger partial charge in [-0.1, -0.05) is 42.5 Å². The van der Waals surface area contributed by atoms with Gasteiger partial charge in [-0.15, -0.1) is 0 Å². The van der Waals surface area contributed by atoms with Crippen LogP contribution in [0.1, 0.15) is 109 Å². The Bertz CT molecular complexity index is 4350. The van der Waals surface area contributed by atoms with Crippen molar-refractivity contribution in [1.82, 2.24) is 84.3 Å². The van der Waals surface area contributed by atoms with Gasteiger partial charge in [-0.2, -0.15) is 0 Å². The van der Waals surface area contributed by atoms with Crippen LogP contribution in [-0.2, 0) is 106 Å². The van der Waals surface area contributed by atoms with E-state index in [1.807, 2.05) is 0 Å². The lowest BCUT2D eigenvalue weighted by Gasteiger charge is -2.31. The number of carboxylic acid groups (broad SMARTS) is 2. The normalized spacial score (nSPS) is 21.9. The maximum atomic E-state index is 15.3. The number of guanidine groups is 1. The van der Waals surface area contributed by atoms with Crippen LogP contribution >= 0.6 is 0 Å². The minimum absolute atomic E-state index is 0.0897. The Balaban J connectivity index is 1.45. The predicted molar refractivity (Wildman–Crippen MR) is 418 cm³/mol. The van der Waals surface area contributed by atoms with Crippen molar-refractivity contribution in [3.05, 3.63) is 95.7 Å². The molecule has 16 atom stereocenters. The zero-order chi connectivity index (χ0) is 88.8. The molecule has 2 fully saturated rings. The van der Waals surface area contributed by atoms with Gasteiger partial charge in [0.05, 0.1) is 32.3 Å². The number of phenolic OH excluding ortho intramolecular Hbond substituents is 2. The highest BCUT2D eigenvalue weighted by Gasteiger charge is 2.43. The van der Waals surface area contributed by atoms with Crippen LogP contribution in [0.2, 0.25) is 0 Å². The Labute approximate surface area is 686 Å². The van der Waals surface area contributed by atoms with Crippen LogP contribution in [0.25, 0.3) is 10.9 Å². The van der Waals surface area contributed by atoms with Gasteiger partial charge in [-0.25, -0.2) is 4.79 Å². The highest BCUT2D eigenvalue weighted by Crippen LogP contribution is 2.24. The number of benzene rings is 3. The number of carboxylic acids is 2. The molecule has 0 aliphatic carbocycles. The summed E-state index contributed by atoms with van der Waals surface area (Å²) in [5.74, 6) is -22.5. The van der Waals surface area contributed by atoms with Crippen LogP contribution in [0.5, 0.6) is 11.5 Å². The van der Waals surface area contributed by atoms with E-state index in [0.29, 0.717) is 16.5 Å². The molecule has 1 aromatic heterocycles. The van der Waals surface area contributed by atoms with Gasteiger partial charge < -0.3 is 136 Å². The van der Waals surface area contributed by atoms with Crippen molar-refractivity contribution in [3.8, 4) is 11.5 Å². The quantitative estimate of drug-likeness (QED) is 0.00998. The molecule has 44 nitrogen and oxygen atoms in total. The summed E-state index contributed by atoms with van der Waals surface area (Å²) in [6.07, 6.45) is -10.1. The fraction of sp³-hybridized carbons (Fsp3) is 0.500. The molecule has 3 aromatic carbocycles. The molecule has 0 radical (unpaired) electrons. The number of phenols is 2. The smallest absolute Gasteiger partial charge is 0.326 e. The first kappa shape index (κ1) is 95.7. The van der Waals surface area contributed by atoms with Crippen molar-refractivity contribution in [3.63, 3.8) is 0 Å². The molecule has 120 heavy (non-hydrogen) atoms. The van der Waals surface area contributed by atoms with Gasteiger partial charge in [0.15, 0.2) is 12.1 Å². The number of nitrogens with zero attached hydrogens (tertiary/aromatic N) is 1. The first-order valence-corrected chi connectivity index (χ1v) is 38.3. The second-order valence-electron chi connectivity index (χ2n) is 28.8. The highest BCUT2D eigenvalue weighted by molar-refractivity contribution is 6.02. The van der Waals surface area contributed by atoms with Crippen molar-refractivity contribution in [2.45, 2.75) is 208 Å². The van der Waals surface area contributed by atoms with E-state index in [9.17, 15) is 113 Å². The van der Waals surface area contributed by atoms with Gasteiger partial charge in [0, 0.05) is 69.3 Å². The molecule has 654 valence electrons. The molecule has 0 spiro atoms. The fourth-order valence-corrected chi connectivity index (χ4v) is 13.0. The Morgan fingerprint density at radius 2 is 1.21 bits per heavy atom. The summed E-state index contributed by atoms with van der Waals surface area (Å²) in [7, 11) is 0.974. The lowest BCUT2D eigenvalue weighted by Crippen LogP contribution is -2.63. The third-order valence-electron chi connectivity index (χ3n) is 19.4. The maximum absolute atomic E-state index is 15.3. The number of esters is 1. The number of aromatic hydroxyl groups is 2. The molecule has 0 saturated carbocycles. The number of aliphatic carboxylic acids is 2. The van der Waals surface area contributed by atoms with Gasteiger partial charge in [0.2, 0.25) is 76.8 Å². The highest BCUT2D eigenvalue weighted by atomic mass is 16.5. The molecule has 44 heteroatoms. The van der Waals surface area contributed by atoms with Crippen LogP contribution in [0.4, 0.5) is 0 Å². The number of methoxy groups -OCH3 is 1. The maximum Gasteiger partial charge on any atom is 0.326 e. The van der Waals surface area contributed by atoms with Crippen LogP contribution in [0, 0.1) is 5.41 Å². The van der Waals surface area contributed by atoms with Crippen molar-refractivity contribution >= 4 is 117 Å². The van der Waals surface area contributed by atoms with Gasteiger partial charge in [0.25, 0.3) is 5.91 Å². The third kappa shape index (κ3) is 29.2. The number of hydrogen-bond donors (Lipinski definition) is 25. The first-order valence-electron chi connectivity index (χ1n) is 38.3. The van der Waals surface area contributed by atoms with Gasteiger partial charge in [-0.3, -0.25) is 82.1 Å². The number of para-hydroxylation sites is 1. The van der Waals surface area contributed by atoms with Crippen LogP contribution < -0.4 is 80.2 Å². The number of carbonyl (C=O) groups excluding carboxylic acids is 15. The second kappa shape index (κ2) is 46.2. The summed E-state index contributed by atoms with van der Waals surface area (Å²) in [5.41, 5.74) is 6.83. The number of aromatic nitrogens is 1. The number of nitrogens with two attached hydrogens (primary N) is 1. The molecule has 6 rings (SSSR count). The molecule has 14 amide bonds. The van der Waals surface area contributed by atoms with E-state index in [-0.39, 0.29) is 74.2 Å². The summed E-state index contributed by atoms with van der Waals surface area (Å²) < 4.78 is 4.79. The van der Waals surface area contributed by atoms with E-state index >= 15 is 9.59 Å². The summed E-state index contributed by atoms with van der Waals surface area (Å²) in [6, 6.07) is -7.61. The average molecular weight is 1690 g/mol. The SMILES string of the molecule is COC(=O)CC[C@@H]1NC(=O)[C@@H](Cc2c[nH]c3ccccc23)NC(=O)[C@H](CC(=O)O)NC(=O)[C@H](CO)NC(=O)[C@@H]2CCCN2C(=O)[C@H](Cc2ccc(O)cc2)NC(=O)[C@@H](NC(=O)[C@H](CCCNC(=N)N)NC(=O)[C@H](NC(=O)[C@H](C)NC(=O)[C@@H](NC(C)=O)[C@@H](C)O)[C@@H](C)O)CCCCNC(=O)[C@@H](O)[C@@H](C(=O)N[C@@H](Cc2ccc(O)cc2)C(=O)O)NC1=O. The molecule has 2 aliphatic rings. The van der Waals surface area contributed by atoms with Crippen molar-refractivity contribution < 1.29 is 127 Å². The average Bonchev–Trinajstić information content (AvgIpc) is 1.61. The van der Waals surface area contributed by atoms with E-state index in [1.165, 1.54) is 61.7 Å². The number of aromatic amines is 1. The largest absolute Gasteiger partial charge is 0.508 e. The van der Waals surface area contributed by atoms with Gasteiger partial charge in [0.1, 0.15) is 90.0 Å². The van der Waals surface area contributed by atoms with E-state index in [0.717, 1.165) is 32.8 Å². The monoisotopic (exact) mass is 1680 g/mol. The van der Waals surface area contributed by atoms with Crippen molar-refractivity contribution in [2.75, 3.05) is 33.4 Å². The number of aliphatic hydroxyl groups is 4. The first-order chi connectivity index (χ1) is 56.8. The molecule has 2 saturated heterocycles. The second-order valence-corrected chi connectivity index (χ2v) is 28.8. The number of H-pyrrole nitrogens is 1. The molecule has 26 N–H and O–H groups in total. The molecule has 0 bridgehead atoms. The summed E-state index contributed by atoms with van der Waals surface area (Å²) in [4.78, 5) is 243. The molecule has 3 heterocycles.